The maximum absolute atomic E-state index is 12.9. The number of hydrogen-bond donors (Lipinski definition) is 1. The highest BCUT2D eigenvalue weighted by Crippen LogP contribution is 2.26. The van der Waals surface area contributed by atoms with E-state index in [-0.39, 0.29) is 16.8 Å². The Kier molecular flexibility index (Phi) is 5.99. The van der Waals surface area contributed by atoms with Crippen LogP contribution in [0, 0.1) is 5.92 Å². The number of nitrogens with two attached hydrogens (primary N) is 1. The molecular weight excluding hydrogens is 350 g/mol. The molecule has 1 aromatic rings. The number of benzene rings is 1. The third-order valence-corrected chi connectivity index (χ3v) is 7.71. The van der Waals surface area contributed by atoms with Crippen LogP contribution in [0.25, 0.3) is 0 Å². The maximum Gasteiger partial charge on any atom is 0.253 e. The fraction of sp³-hybridized carbons (Fsp3) is 0.632. The second kappa shape index (κ2) is 8.06. The average molecular weight is 380 g/mol. The lowest BCUT2D eigenvalue weighted by atomic mass is 9.96. The number of rotatable bonds is 4. The molecule has 6 nitrogen and oxygen atoms in total. The molecule has 144 valence electrons. The molecule has 7 heteroatoms. The van der Waals surface area contributed by atoms with E-state index in [2.05, 4.69) is 0 Å². The van der Waals surface area contributed by atoms with Gasteiger partial charge in [-0.1, -0.05) is 6.42 Å². The minimum atomic E-state index is -3.49. The number of piperidine rings is 2. The molecule has 0 saturated carbocycles. The lowest BCUT2D eigenvalue weighted by Crippen LogP contribution is -2.42. The van der Waals surface area contributed by atoms with Crippen LogP contribution in [0.4, 0.5) is 0 Å². The van der Waals surface area contributed by atoms with Gasteiger partial charge in [0.1, 0.15) is 0 Å². The molecule has 1 atom stereocenters. The van der Waals surface area contributed by atoms with Crippen LogP contribution < -0.4 is 5.73 Å². The van der Waals surface area contributed by atoms with Gasteiger partial charge in [0.15, 0.2) is 0 Å². The van der Waals surface area contributed by atoms with E-state index in [1.807, 2.05) is 11.8 Å². The van der Waals surface area contributed by atoms with Crippen molar-refractivity contribution < 1.29 is 13.2 Å². The minimum absolute atomic E-state index is 0.0268. The van der Waals surface area contributed by atoms with Crippen molar-refractivity contribution in [3.8, 4) is 0 Å². The first-order valence-electron chi connectivity index (χ1n) is 9.54. The van der Waals surface area contributed by atoms with Crippen LogP contribution in [0.2, 0.25) is 0 Å². The first kappa shape index (κ1) is 19.3. The number of nitrogens with zero attached hydrogens (tertiary/aromatic N) is 2. The molecule has 0 spiro atoms. The molecule has 1 unspecified atom stereocenters. The third kappa shape index (κ3) is 3.94. The Morgan fingerprint density at radius 3 is 2.31 bits per heavy atom. The van der Waals surface area contributed by atoms with Crippen molar-refractivity contribution in [2.75, 3.05) is 26.2 Å². The highest BCUT2D eigenvalue weighted by Gasteiger charge is 2.31. The molecule has 2 aliphatic rings. The maximum atomic E-state index is 12.9. The molecule has 0 aromatic heterocycles. The second-order valence-corrected chi connectivity index (χ2v) is 9.35. The van der Waals surface area contributed by atoms with Crippen LogP contribution in [-0.4, -0.2) is 55.8 Å². The first-order valence-corrected chi connectivity index (χ1v) is 11.0. The van der Waals surface area contributed by atoms with Gasteiger partial charge >= 0.3 is 0 Å². The summed E-state index contributed by atoms with van der Waals surface area (Å²) in [6.07, 6.45) is 4.73. The lowest BCUT2D eigenvalue weighted by molar-refractivity contribution is 0.0693. The molecule has 2 N–H and O–H groups in total. The van der Waals surface area contributed by atoms with Crippen molar-refractivity contribution >= 4 is 15.9 Å². The lowest BCUT2D eigenvalue weighted by Gasteiger charge is -2.32. The van der Waals surface area contributed by atoms with E-state index in [9.17, 15) is 13.2 Å². The van der Waals surface area contributed by atoms with Gasteiger partial charge < -0.3 is 10.6 Å². The second-order valence-electron chi connectivity index (χ2n) is 7.46. The number of likely N-dealkylation sites (tertiary alicyclic amines) is 1. The monoisotopic (exact) mass is 379 g/mol. The molecular formula is C19H29N3O3S. The molecule has 1 amide bonds. The van der Waals surface area contributed by atoms with Gasteiger partial charge in [-0.15, -0.1) is 0 Å². The molecule has 1 aromatic carbocycles. The van der Waals surface area contributed by atoms with E-state index in [1.54, 1.807) is 28.6 Å². The van der Waals surface area contributed by atoms with Crippen molar-refractivity contribution in [2.24, 2.45) is 11.7 Å². The van der Waals surface area contributed by atoms with E-state index in [4.69, 9.17) is 5.73 Å². The van der Waals surface area contributed by atoms with Crippen LogP contribution in [0.15, 0.2) is 29.2 Å². The van der Waals surface area contributed by atoms with E-state index >= 15 is 0 Å². The summed E-state index contributed by atoms with van der Waals surface area (Å²) in [6, 6.07) is 6.43. The largest absolute Gasteiger partial charge is 0.339 e. The molecule has 0 bridgehead atoms. The Morgan fingerprint density at radius 2 is 1.73 bits per heavy atom. The summed E-state index contributed by atoms with van der Waals surface area (Å²) in [5.74, 6) is 0.467. The average Bonchev–Trinajstić information content (AvgIpc) is 2.68. The molecule has 26 heavy (non-hydrogen) atoms. The summed E-state index contributed by atoms with van der Waals surface area (Å²) in [7, 11) is -3.49. The van der Waals surface area contributed by atoms with Gasteiger partial charge in [-0.05, 0) is 69.3 Å². The van der Waals surface area contributed by atoms with E-state index in [0.29, 0.717) is 37.7 Å². The van der Waals surface area contributed by atoms with Crippen LogP contribution in [0.1, 0.15) is 49.4 Å². The predicted molar refractivity (Wildman–Crippen MR) is 101 cm³/mol. The van der Waals surface area contributed by atoms with Crippen LogP contribution >= 0.6 is 0 Å². The smallest absolute Gasteiger partial charge is 0.253 e. The van der Waals surface area contributed by atoms with E-state index in [1.165, 1.54) is 0 Å². The van der Waals surface area contributed by atoms with Gasteiger partial charge in [0.2, 0.25) is 10.0 Å². The van der Waals surface area contributed by atoms with Gasteiger partial charge in [0, 0.05) is 31.2 Å². The van der Waals surface area contributed by atoms with Gasteiger partial charge in [-0.2, -0.15) is 4.31 Å². The molecule has 2 aliphatic heterocycles. The highest BCUT2D eigenvalue weighted by atomic mass is 32.2. The highest BCUT2D eigenvalue weighted by molar-refractivity contribution is 7.89. The Balaban J connectivity index is 1.71. The summed E-state index contributed by atoms with van der Waals surface area (Å²) >= 11 is 0. The van der Waals surface area contributed by atoms with Crippen LogP contribution in [0.5, 0.6) is 0 Å². The summed E-state index contributed by atoms with van der Waals surface area (Å²) in [6.45, 7) is 4.63. The Labute approximate surface area is 156 Å². The summed E-state index contributed by atoms with van der Waals surface area (Å²) in [5.41, 5.74) is 6.24. The number of amides is 1. The van der Waals surface area contributed by atoms with E-state index < -0.39 is 10.0 Å². The van der Waals surface area contributed by atoms with Crippen LogP contribution in [0.3, 0.4) is 0 Å². The summed E-state index contributed by atoms with van der Waals surface area (Å²) < 4.78 is 27.3. The molecule has 2 fully saturated rings. The molecule has 3 rings (SSSR count). The van der Waals surface area contributed by atoms with Gasteiger partial charge in [-0.3, -0.25) is 4.79 Å². The zero-order valence-corrected chi connectivity index (χ0v) is 16.2. The van der Waals surface area contributed by atoms with Crippen molar-refractivity contribution in [3.63, 3.8) is 0 Å². The van der Waals surface area contributed by atoms with Crippen molar-refractivity contribution in [3.05, 3.63) is 29.8 Å². The van der Waals surface area contributed by atoms with Gasteiger partial charge in [0.05, 0.1) is 4.90 Å². The van der Waals surface area contributed by atoms with Gasteiger partial charge in [-0.25, -0.2) is 8.42 Å². The number of sulfonamides is 1. The molecule has 2 saturated heterocycles. The minimum Gasteiger partial charge on any atom is -0.339 e. The number of carbonyl (C=O) groups is 1. The van der Waals surface area contributed by atoms with Crippen LogP contribution in [-0.2, 0) is 10.0 Å². The topological polar surface area (TPSA) is 83.7 Å². The Morgan fingerprint density at radius 1 is 1.08 bits per heavy atom. The predicted octanol–water partition coefficient (Wildman–Crippen LogP) is 2.06. The quantitative estimate of drug-likeness (QED) is 0.868. The standard InChI is InChI=1S/C19H29N3O3S/c1-15-4-2-3-11-22(15)26(24,25)18-7-5-17(6-8-18)19(23)21-12-9-16(14-20)10-13-21/h5-8,15-16H,2-4,9-14,20H2,1H3. The fourth-order valence-corrected chi connectivity index (χ4v) is 5.59. The Hall–Kier alpha value is -1.44. The van der Waals surface area contributed by atoms with Crippen molar-refractivity contribution in [1.82, 2.24) is 9.21 Å². The van der Waals surface area contributed by atoms with Crippen molar-refractivity contribution in [2.45, 2.75) is 50.0 Å². The molecule has 0 aliphatic carbocycles. The molecule has 2 heterocycles. The van der Waals surface area contributed by atoms with Gasteiger partial charge in [0.25, 0.3) is 5.91 Å². The number of hydrogen-bond acceptors (Lipinski definition) is 4. The zero-order valence-electron chi connectivity index (χ0n) is 15.4. The van der Waals surface area contributed by atoms with E-state index in [0.717, 1.165) is 32.1 Å². The Bertz CT molecular complexity index is 725. The number of carbonyl (C=O) groups excluding carboxylic acids is 1. The first-order chi connectivity index (χ1) is 12.4. The zero-order chi connectivity index (χ0) is 18.7. The summed E-state index contributed by atoms with van der Waals surface area (Å²) in [5, 5.41) is 0. The normalized spacial score (nSPS) is 23.2. The third-order valence-electron chi connectivity index (χ3n) is 5.68. The SMILES string of the molecule is CC1CCCCN1S(=O)(=O)c1ccc(C(=O)N2CCC(CN)CC2)cc1. The summed E-state index contributed by atoms with van der Waals surface area (Å²) in [4.78, 5) is 14.7. The fourth-order valence-electron chi connectivity index (χ4n) is 3.89. The molecule has 0 radical (unpaired) electrons. The van der Waals surface area contributed by atoms with Crippen molar-refractivity contribution in [1.29, 1.82) is 0 Å².